The van der Waals surface area contributed by atoms with Crippen molar-refractivity contribution in [3.8, 4) is 17.6 Å². The Balaban J connectivity index is 1.93. The van der Waals surface area contributed by atoms with Gasteiger partial charge in [-0.15, -0.1) is 0 Å². The molecule has 0 heterocycles. The van der Waals surface area contributed by atoms with E-state index >= 15 is 0 Å². The van der Waals surface area contributed by atoms with E-state index in [1.54, 1.807) is 56.3 Å². The predicted octanol–water partition coefficient (Wildman–Crippen LogP) is 3.54. The number of carbonyl (C=O) groups excluding carboxylic acids is 2. The van der Waals surface area contributed by atoms with Crippen LogP contribution in [0.3, 0.4) is 0 Å². The molecule has 2 rings (SSSR count). The van der Waals surface area contributed by atoms with Gasteiger partial charge in [-0.05, 0) is 61.9 Å². The van der Waals surface area contributed by atoms with Crippen LogP contribution in [-0.2, 0) is 9.53 Å². The van der Waals surface area contributed by atoms with Crippen LogP contribution >= 0.6 is 0 Å². The van der Waals surface area contributed by atoms with Crippen molar-refractivity contribution in [1.29, 1.82) is 5.26 Å². The fraction of sp³-hybridized carbons (Fsp3) is 0.150. The van der Waals surface area contributed by atoms with Crippen LogP contribution in [0, 0.1) is 18.3 Å². The lowest BCUT2D eigenvalue weighted by molar-refractivity contribution is -0.145. The SMILES string of the molecule is C=C(C)C(=O)OCOc1ccc(OC(=O)c2ccc(C#N)c(C)c2)cc1. The normalized spacial score (nSPS) is 9.73. The average molecular weight is 351 g/mol. The number of hydrogen-bond acceptors (Lipinski definition) is 6. The van der Waals surface area contributed by atoms with Crippen molar-refractivity contribution in [3.05, 3.63) is 71.3 Å². The van der Waals surface area contributed by atoms with Gasteiger partial charge in [-0.1, -0.05) is 6.58 Å². The average Bonchev–Trinajstić information content (AvgIpc) is 2.62. The molecule has 132 valence electrons. The Morgan fingerprint density at radius 1 is 1.12 bits per heavy atom. The summed E-state index contributed by atoms with van der Waals surface area (Å²) in [6, 6.07) is 13.1. The molecule has 0 atom stereocenters. The highest BCUT2D eigenvalue weighted by Crippen LogP contribution is 2.19. The zero-order valence-corrected chi connectivity index (χ0v) is 14.4. The zero-order valence-electron chi connectivity index (χ0n) is 14.4. The highest BCUT2D eigenvalue weighted by Gasteiger charge is 2.11. The summed E-state index contributed by atoms with van der Waals surface area (Å²) in [6.45, 7) is 6.52. The van der Waals surface area contributed by atoms with Crippen LogP contribution in [0.15, 0.2) is 54.6 Å². The van der Waals surface area contributed by atoms with Gasteiger partial charge in [-0.25, -0.2) is 9.59 Å². The molecule has 0 aliphatic rings. The fourth-order valence-electron chi connectivity index (χ4n) is 1.96. The number of esters is 2. The van der Waals surface area contributed by atoms with Crippen molar-refractivity contribution in [2.45, 2.75) is 13.8 Å². The lowest BCUT2D eigenvalue weighted by Gasteiger charge is -2.09. The molecule has 6 heteroatoms. The van der Waals surface area contributed by atoms with Crippen LogP contribution in [0.4, 0.5) is 0 Å². The number of ether oxygens (including phenoxy) is 3. The van der Waals surface area contributed by atoms with Crippen LogP contribution in [0.5, 0.6) is 11.5 Å². The van der Waals surface area contributed by atoms with Gasteiger partial charge in [0.05, 0.1) is 17.2 Å². The summed E-state index contributed by atoms with van der Waals surface area (Å²) < 4.78 is 15.4. The summed E-state index contributed by atoms with van der Waals surface area (Å²) in [4.78, 5) is 23.4. The molecular formula is C20H17NO5. The molecule has 2 aromatic rings. The van der Waals surface area contributed by atoms with Crippen molar-refractivity contribution in [3.63, 3.8) is 0 Å². The van der Waals surface area contributed by atoms with Crippen molar-refractivity contribution in [2.24, 2.45) is 0 Å². The second-order valence-corrected chi connectivity index (χ2v) is 5.48. The molecule has 26 heavy (non-hydrogen) atoms. The topological polar surface area (TPSA) is 85.6 Å². The minimum Gasteiger partial charge on any atom is -0.457 e. The molecule has 0 aliphatic carbocycles. The summed E-state index contributed by atoms with van der Waals surface area (Å²) in [5.74, 6) is -0.272. The maximum atomic E-state index is 12.2. The number of benzene rings is 2. The first kappa shape index (κ1) is 18.7. The Kier molecular flexibility index (Phi) is 6.12. The van der Waals surface area contributed by atoms with E-state index < -0.39 is 11.9 Å². The van der Waals surface area contributed by atoms with Crippen LogP contribution in [0.1, 0.15) is 28.4 Å². The van der Waals surface area contributed by atoms with Crippen molar-refractivity contribution in [2.75, 3.05) is 6.79 Å². The van der Waals surface area contributed by atoms with Crippen LogP contribution < -0.4 is 9.47 Å². The lowest BCUT2D eigenvalue weighted by atomic mass is 10.1. The molecule has 2 aromatic carbocycles. The standard InChI is InChI=1S/C20H17NO5/c1-13(2)19(22)25-12-24-17-6-8-18(9-7-17)26-20(23)15-4-5-16(11-21)14(3)10-15/h4-10H,1,12H2,2-3H3. The summed E-state index contributed by atoms with van der Waals surface area (Å²) in [5.41, 5.74) is 1.85. The highest BCUT2D eigenvalue weighted by atomic mass is 16.7. The molecule has 0 spiro atoms. The third-order valence-corrected chi connectivity index (χ3v) is 3.38. The zero-order chi connectivity index (χ0) is 19.1. The predicted molar refractivity (Wildman–Crippen MR) is 93.7 cm³/mol. The Morgan fingerprint density at radius 2 is 1.77 bits per heavy atom. The third kappa shape index (κ3) is 4.95. The van der Waals surface area contributed by atoms with Gasteiger partial charge >= 0.3 is 11.9 Å². The van der Waals surface area contributed by atoms with Gasteiger partial charge in [0.1, 0.15) is 11.5 Å². The molecule has 0 saturated carbocycles. The summed E-state index contributed by atoms with van der Waals surface area (Å²) in [7, 11) is 0. The van der Waals surface area contributed by atoms with E-state index in [-0.39, 0.29) is 12.4 Å². The Bertz CT molecular complexity index is 878. The van der Waals surface area contributed by atoms with Crippen molar-refractivity contribution >= 4 is 11.9 Å². The first-order valence-corrected chi connectivity index (χ1v) is 7.69. The number of nitriles is 1. The van der Waals surface area contributed by atoms with E-state index in [0.717, 1.165) is 0 Å². The molecule has 0 bridgehead atoms. The number of carbonyl (C=O) groups is 2. The van der Waals surface area contributed by atoms with E-state index in [4.69, 9.17) is 19.5 Å². The van der Waals surface area contributed by atoms with Crippen LogP contribution in [0.2, 0.25) is 0 Å². The third-order valence-electron chi connectivity index (χ3n) is 3.38. The van der Waals surface area contributed by atoms with Crippen LogP contribution in [-0.4, -0.2) is 18.7 Å². The minimum absolute atomic E-state index is 0.241. The summed E-state index contributed by atoms with van der Waals surface area (Å²) in [5, 5.41) is 8.92. The van der Waals surface area contributed by atoms with E-state index in [1.807, 2.05) is 6.07 Å². The molecule has 0 aromatic heterocycles. The molecule has 0 saturated heterocycles. The molecule has 0 fully saturated rings. The summed E-state index contributed by atoms with van der Waals surface area (Å²) >= 11 is 0. The van der Waals surface area contributed by atoms with Crippen LogP contribution in [0.25, 0.3) is 0 Å². The van der Waals surface area contributed by atoms with Crippen molar-refractivity contribution < 1.29 is 23.8 Å². The van der Waals surface area contributed by atoms with E-state index in [1.165, 1.54) is 0 Å². The molecule has 0 unspecified atom stereocenters. The first-order chi connectivity index (χ1) is 12.4. The van der Waals surface area contributed by atoms with Gasteiger partial charge in [0.25, 0.3) is 0 Å². The maximum absolute atomic E-state index is 12.2. The number of aryl methyl sites for hydroxylation is 1. The van der Waals surface area contributed by atoms with E-state index in [0.29, 0.717) is 28.2 Å². The number of hydrogen-bond donors (Lipinski definition) is 0. The fourth-order valence-corrected chi connectivity index (χ4v) is 1.96. The van der Waals surface area contributed by atoms with E-state index in [2.05, 4.69) is 6.58 Å². The van der Waals surface area contributed by atoms with Gasteiger partial charge in [0.15, 0.2) is 0 Å². The summed E-state index contributed by atoms with van der Waals surface area (Å²) in [6.07, 6.45) is 0. The minimum atomic E-state index is -0.534. The number of nitrogens with zero attached hydrogens (tertiary/aromatic N) is 1. The largest absolute Gasteiger partial charge is 0.457 e. The second-order valence-electron chi connectivity index (χ2n) is 5.48. The van der Waals surface area contributed by atoms with Gasteiger partial charge in [0.2, 0.25) is 6.79 Å². The molecule has 0 amide bonds. The smallest absolute Gasteiger partial charge is 0.343 e. The first-order valence-electron chi connectivity index (χ1n) is 7.69. The van der Waals surface area contributed by atoms with Gasteiger partial charge in [-0.2, -0.15) is 5.26 Å². The lowest BCUT2D eigenvalue weighted by Crippen LogP contribution is -2.11. The monoisotopic (exact) mass is 351 g/mol. The molecule has 0 aliphatic heterocycles. The van der Waals surface area contributed by atoms with Gasteiger partial charge in [0, 0.05) is 5.57 Å². The molecule has 6 nitrogen and oxygen atoms in total. The molecule has 0 radical (unpaired) electrons. The van der Waals surface area contributed by atoms with Gasteiger partial charge in [-0.3, -0.25) is 0 Å². The maximum Gasteiger partial charge on any atom is 0.343 e. The van der Waals surface area contributed by atoms with Crippen molar-refractivity contribution in [1.82, 2.24) is 0 Å². The number of rotatable bonds is 6. The van der Waals surface area contributed by atoms with Gasteiger partial charge < -0.3 is 14.2 Å². The molecular weight excluding hydrogens is 334 g/mol. The Hall–Kier alpha value is -3.59. The molecule has 0 N–H and O–H groups in total. The highest BCUT2D eigenvalue weighted by molar-refractivity contribution is 5.91. The van der Waals surface area contributed by atoms with E-state index in [9.17, 15) is 9.59 Å². The Labute approximate surface area is 151 Å². The Morgan fingerprint density at radius 3 is 2.35 bits per heavy atom. The quantitative estimate of drug-likeness (QED) is 0.342. The second kappa shape index (κ2) is 8.49.